The van der Waals surface area contributed by atoms with E-state index in [0.29, 0.717) is 6.04 Å². The predicted octanol–water partition coefficient (Wildman–Crippen LogP) is 3.85. The van der Waals surface area contributed by atoms with Crippen LogP contribution in [-0.2, 0) is 0 Å². The molecular formula is C15H18N2S. The Labute approximate surface area is 112 Å². The molecule has 1 aliphatic heterocycles. The first-order chi connectivity index (χ1) is 8.72. The summed E-state index contributed by atoms with van der Waals surface area (Å²) < 4.78 is 0. The second-order valence-electron chi connectivity index (χ2n) is 5.10. The van der Waals surface area contributed by atoms with Crippen LogP contribution in [0.3, 0.4) is 0 Å². The van der Waals surface area contributed by atoms with E-state index < -0.39 is 0 Å². The Kier molecular flexibility index (Phi) is 3.18. The summed E-state index contributed by atoms with van der Waals surface area (Å²) in [6.45, 7) is 5.41. The van der Waals surface area contributed by atoms with Crippen molar-refractivity contribution >= 4 is 11.3 Å². The van der Waals surface area contributed by atoms with Crippen molar-refractivity contribution in [3.63, 3.8) is 0 Å². The molecule has 2 heterocycles. The van der Waals surface area contributed by atoms with Crippen molar-refractivity contribution < 1.29 is 0 Å². The lowest BCUT2D eigenvalue weighted by atomic mass is 10.1. The molecule has 3 rings (SSSR count). The molecule has 0 aliphatic carbocycles. The van der Waals surface area contributed by atoms with E-state index in [-0.39, 0.29) is 0 Å². The van der Waals surface area contributed by atoms with Gasteiger partial charge >= 0.3 is 0 Å². The standard InChI is InChI=1S/C15H18N2S/c1-10-6-11(2)8-12(7-10)14-9-18-15(17-14)13-4-3-5-16-13/h6-9,13,16H,3-5H2,1-2H3. The van der Waals surface area contributed by atoms with Crippen molar-refractivity contribution in [1.82, 2.24) is 10.3 Å². The number of aryl methyl sites for hydroxylation is 2. The zero-order valence-electron chi connectivity index (χ0n) is 10.9. The number of nitrogens with one attached hydrogen (secondary N) is 1. The third-order valence-electron chi connectivity index (χ3n) is 3.40. The molecule has 3 heteroatoms. The number of nitrogens with zero attached hydrogens (tertiary/aromatic N) is 1. The average Bonchev–Trinajstić information content (AvgIpc) is 2.99. The fourth-order valence-electron chi connectivity index (χ4n) is 2.60. The summed E-state index contributed by atoms with van der Waals surface area (Å²) >= 11 is 1.78. The number of thiazole rings is 1. The highest BCUT2D eigenvalue weighted by molar-refractivity contribution is 7.10. The quantitative estimate of drug-likeness (QED) is 0.885. The van der Waals surface area contributed by atoms with E-state index in [1.54, 1.807) is 11.3 Å². The fourth-order valence-corrected chi connectivity index (χ4v) is 3.54. The predicted molar refractivity (Wildman–Crippen MR) is 77.0 cm³/mol. The molecule has 1 aromatic heterocycles. The molecule has 1 aromatic carbocycles. The van der Waals surface area contributed by atoms with Crippen molar-refractivity contribution in [3.05, 3.63) is 39.7 Å². The first-order valence-corrected chi connectivity index (χ1v) is 7.38. The van der Waals surface area contributed by atoms with E-state index in [1.807, 2.05) is 0 Å². The van der Waals surface area contributed by atoms with Gasteiger partial charge in [0, 0.05) is 10.9 Å². The van der Waals surface area contributed by atoms with E-state index >= 15 is 0 Å². The number of hydrogen-bond donors (Lipinski definition) is 1. The molecule has 0 radical (unpaired) electrons. The minimum Gasteiger partial charge on any atom is -0.308 e. The van der Waals surface area contributed by atoms with Crippen LogP contribution in [0, 0.1) is 13.8 Å². The minimum absolute atomic E-state index is 0.481. The van der Waals surface area contributed by atoms with Gasteiger partial charge in [0.25, 0.3) is 0 Å². The van der Waals surface area contributed by atoms with Gasteiger partial charge in [0.15, 0.2) is 0 Å². The molecule has 2 nitrogen and oxygen atoms in total. The van der Waals surface area contributed by atoms with Crippen molar-refractivity contribution in [1.29, 1.82) is 0 Å². The summed E-state index contributed by atoms with van der Waals surface area (Å²) in [6.07, 6.45) is 2.49. The Morgan fingerprint density at radius 2 is 2.00 bits per heavy atom. The molecule has 0 amide bonds. The van der Waals surface area contributed by atoms with E-state index in [0.717, 1.165) is 12.2 Å². The summed E-state index contributed by atoms with van der Waals surface area (Å²) in [7, 11) is 0. The SMILES string of the molecule is Cc1cc(C)cc(-c2csc(C3CCCN3)n2)c1. The van der Waals surface area contributed by atoms with E-state index in [9.17, 15) is 0 Å². The van der Waals surface area contributed by atoms with Gasteiger partial charge in [-0.15, -0.1) is 11.3 Å². The zero-order valence-corrected chi connectivity index (χ0v) is 11.7. The second-order valence-corrected chi connectivity index (χ2v) is 5.99. The summed E-state index contributed by atoms with van der Waals surface area (Å²) in [5.74, 6) is 0. The molecular weight excluding hydrogens is 240 g/mol. The number of hydrogen-bond acceptors (Lipinski definition) is 3. The van der Waals surface area contributed by atoms with Gasteiger partial charge in [0.1, 0.15) is 5.01 Å². The smallest absolute Gasteiger partial charge is 0.110 e. The molecule has 0 saturated carbocycles. The Hall–Kier alpha value is -1.19. The van der Waals surface area contributed by atoms with Gasteiger partial charge in [0.05, 0.1) is 11.7 Å². The molecule has 94 valence electrons. The normalized spacial score (nSPS) is 19.3. The molecule has 1 atom stereocenters. The first kappa shape index (κ1) is 11.9. The van der Waals surface area contributed by atoms with Gasteiger partial charge in [-0.3, -0.25) is 0 Å². The van der Waals surface area contributed by atoms with E-state index in [2.05, 4.69) is 42.7 Å². The lowest BCUT2D eigenvalue weighted by Gasteiger charge is -2.05. The number of benzene rings is 1. The topological polar surface area (TPSA) is 24.9 Å². The van der Waals surface area contributed by atoms with Crippen LogP contribution >= 0.6 is 11.3 Å². The van der Waals surface area contributed by atoms with Gasteiger partial charge in [-0.2, -0.15) is 0 Å². The van der Waals surface area contributed by atoms with Crippen LogP contribution in [-0.4, -0.2) is 11.5 Å². The van der Waals surface area contributed by atoms with Gasteiger partial charge in [0.2, 0.25) is 0 Å². The highest BCUT2D eigenvalue weighted by Gasteiger charge is 2.19. The van der Waals surface area contributed by atoms with Crippen molar-refractivity contribution in [3.8, 4) is 11.3 Å². The molecule has 2 aromatic rings. The highest BCUT2D eigenvalue weighted by atomic mass is 32.1. The maximum Gasteiger partial charge on any atom is 0.110 e. The van der Waals surface area contributed by atoms with Crippen molar-refractivity contribution in [2.24, 2.45) is 0 Å². The molecule has 1 aliphatic rings. The monoisotopic (exact) mass is 258 g/mol. The second kappa shape index (κ2) is 4.82. The summed E-state index contributed by atoms with van der Waals surface area (Å²) in [5.41, 5.74) is 4.97. The van der Waals surface area contributed by atoms with E-state index in [4.69, 9.17) is 4.98 Å². The molecule has 1 N–H and O–H groups in total. The van der Waals surface area contributed by atoms with Gasteiger partial charge in [-0.1, -0.05) is 17.2 Å². The summed E-state index contributed by atoms with van der Waals surface area (Å²) in [6, 6.07) is 7.12. The van der Waals surface area contributed by atoms with Crippen LogP contribution in [0.2, 0.25) is 0 Å². The Morgan fingerprint density at radius 3 is 2.67 bits per heavy atom. The lowest BCUT2D eigenvalue weighted by molar-refractivity contribution is 0.643. The van der Waals surface area contributed by atoms with Gasteiger partial charge in [-0.25, -0.2) is 4.98 Å². The minimum atomic E-state index is 0.481. The Bertz CT molecular complexity index is 533. The number of rotatable bonds is 2. The van der Waals surface area contributed by atoms with Gasteiger partial charge < -0.3 is 5.32 Å². The van der Waals surface area contributed by atoms with Crippen molar-refractivity contribution in [2.45, 2.75) is 32.7 Å². The van der Waals surface area contributed by atoms with Crippen LogP contribution in [0.25, 0.3) is 11.3 Å². The maximum absolute atomic E-state index is 4.80. The van der Waals surface area contributed by atoms with Gasteiger partial charge in [-0.05, 0) is 45.4 Å². The van der Waals surface area contributed by atoms with Crippen LogP contribution in [0.1, 0.15) is 35.0 Å². The van der Waals surface area contributed by atoms with Crippen LogP contribution in [0.5, 0.6) is 0 Å². The fraction of sp³-hybridized carbons (Fsp3) is 0.400. The highest BCUT2D eigenvalue weighted by Crippen LogP contribution is 2.30. The summed E-state index contributed by atoms with van der Waals surface area (Å²) in [5, 5.41) is 6.93. The van der Waals surface area contributed by atoms with E-state index in [1.165, 1.54) is 34.5 Å². The third-order valence-corrected chi connectivity index (χ3v) is 4.36. The molecule has 0 bridgehead atoms. The number of aromatic nitrogens is 1. The van der Waals surface area contributed by atoms with Crippen molar-refractivity contribution in [2.75, 3.05) is 6.54 Å². The summed E-state index contributed by atoms with van der Waals surface area (Å²) in [4.78, 5) is 4.80. The average molecular weight is 258 g/mol. The lowest BCUT2D eigenvalue weighted by Crippen LogP contribution is -2.12. The first-order valence-electron chi connectivity index (χ1n) is 6.50. The Balaban J connectivity index is 1.92. The maximum atomic E-state index is 4.80. The molecule has 1 fully saturated rings. The molecule has 1 unspecified atom stereocenters. The van der Waals surface area contributed by atoms with Crippen LogP contribution in [0.4, 0.5) is 0 Å². The molecule has 18 heavy (non-hydrogen) atoms. The van der Waals surface area contributed by atoms with Crippen LogP contribution < -0.4 is 5.32 Å². The zero-order chi connectivity index (χ0) is 12.5. The molecule has 0 spiro atoms. The largest absolute Gasteiger partial charge is 0.308 e. The molecule has 1 saturated heterocycles. The third kappa shape index (κ3) is 2.33. The van der Waals surface area contributed by atoms with Crippen LogP contribution in [0.15, 0.2) is 23.6 Å². The Morgan fingerprint density at radius 1 is 1.22 bits per heavy atom.